The maximum Gasteiger partial charge on any atom is 0.246 e. The SMILES string of the molecule is CCN(Cc1ccco1)S(=O)(=O)c1cnn(CCCO)c1. The van der Waals surface area contributed by atoms with Crippen LogP contribution in [-0.4, -0.2) is 40.8 Å². The average Bonchev–Trinajstić information content (AvgIpc) is 3.13. The molecule has 0 aliphatic heterocycles. The second-order valence-electron chi connectivity index (χ2n) is 4.53. The Hall–Kier alpha value is -1.64. The summed E-state index contributed by atoms with van der Waals surface area (Å²) in [6.45, 7) is 2.83. The third kappa shape index (κ3) is 3.72. The van der Waals surface area contributed by atoms with Gasteiger partial charge in [-0.25, -0.2) is 8.42 Å². The lowest BCUT2D eigenvalue weighted by atomic mass is 10.4. The van der Waals surface area contributed by atoms with Crippen LogP contribution >= 0.6 is 0 Å². The molecule has 2 rings (SSSR count). The van der Waals surface area contributed by atoms with Crippen LogP contribution in [0, 0.1) is 0 Å². The largest absolute Gasteiger partial charge is 0.468 e. The first-order valence-corrected chi connectivity index (χ1v) is 8.17. The number of aliphatic hydroxyl groups is 1. The first-order chi connectivity index (χ1) is 10.1. The van der Waals surface area contributed by atoms with Gasteiger partial charge in [0.25, 0.3) is 0 Å². The Morgan fingerprint density at radius 2 is 2.29 bits per heavy atom. The zero-order valence-electron chi connectivity index (χ0n) is 11.8. The third-order valence-electron chi connectivity index (χ3n) is 3.06. The highest BCUT2D eigenvalue weighted by molar-refractivity contribution is 7.89. The van der Waals surface area contributed by atoms with Crippen LogP contribution in [0.25, 0.3) is 0 Å². The summed E-state index contributed by atoms with van der Waals surface area (Å²) in [5.74, 6) is 0.591. The van der Waals surface area contributed by atoms with Crippen molar-refractivity contribution in [2.75, 3.05) is 13.2 Å². The minimum Gasteiger partial charge on any atom is -0.468 e. The normalized spacial score (nSPS) is 12.1. The minimum absolute atomic E-state index is 0.0432. The van der Waals surface area contributed by atoms with Gasteiger partial charge in [0, 0.05) is 25.9 Å². The summed E-state index contributed by atoms with van der Waals surface area (Å²) in [4.78, 5) is 0.147. The molecule has 0 spiro atoms. The number of sulfonamides is 1. The Balaban J connectivity index is 2.16. The maximum atomic E-state index is 12.6. The zero-order chi connectivity index (χ0) is 15.3. The first-order valence-electron chi connectivity index (χ1n) is 6.73. The lowest BCUT2D eigenvalue weighted by Crippen LogP contribution is -2.30. The van der Waals surface area contributed by atoms with E-state index in [-0.39, 0.29) is 18.0 Å². The second kappa shape index (κ2) is 6.88. The fraction of sp³-hybridized carbons (Fsp3) is 0.462. The Kier molecular flexibility index (Phi) is 5.16. The van der Waals surface area contributed by atoms with E-state index in [1.54, 1.807) is 19.1 Å². The van der Waals surface area contributed by atoms with Crippen molar-refractivity contribution in [3.63, 3.8) is 0 Å². The molecule has 2 heterocycles. The van der Waals surface area contributed by atoms with Gasteiger partial charge in [0.05, 0.1) is 19.0 Å². The molecule has 0 radical (unpaired) electrons. The molecule has 0 saturated carbocycles. The molecule has 21 heavy (non-hydrogen) atoms. The number of nitrogens with zero attached hydrogens (tertiary/aromatic N) is 3. The Morgan fingerprint density at radius 1 is 1.48 bits per heavy atom. The molecule has 7 nitrogen and oxygen atoms in total. The highest BCUT2D eigenvalue weighted by Crippen LogP contribution is 2.18. The van der Waals surface area contributed by atoms with E-state index in [0.717, 1.165) is 0 Å². The molecule has 0 amide bonds. The Labute approximate surface area is 123 Å². The van der Waals surface area contributed by atoms with Gasteiger partial charge >= 0.3 is 0 Å². The Bertz CT molecular complexity index is 649. The predicted octanol–water partition coefficient (Wildman–Crippen LogP) is 1.07. The standard InChI is InChI=1S/C13H19N3O4S/c1-2-16(10-12-5-3-8-20-12)21(18,19)13-9-14-15(11-13)6-4-7-17/h3,5,8-9,11,17H,2,4,6-7,10H2,1H3. The van der Waals surface area contributed by atoms with Crippen LogP contribution in [0.3, 0.4) is 0 Å². The number of aliphatic hydroxyl groups excluding tert-OH is 1. The summed E-state index contributed by atoms with van der Waals surface area (Å²) in [6, 6.07) is 3.46. The molecular weight excluding hydrogens is 294 g/mol. The molecule has 8 heteroatoms. The van der Waals surface area contributed by atoms with Gasteiger partial charge in [0.2, 0.25) is 10.0 Å². The number of furan rings is 1. The third-order valence-corrected chi connectivity index (χ3v) is 4.93. The van der Waals surface area contributed by atoms with Crippen molar-refractivity contribution in [3.8, 4) is 0 Å². The van der Waals surface area contributed by atoms with Crippen molar-refractivity contribution in [1.29, 1.82) is 0 Å². The van der Waals surface area contributed by atoms with Crippen molar-refractivity contribution in [1.82, 2.24) is 14.1 Å². The summed E-state index contributed by atoms with van der Waals surface area (Å²) < 4.78 is 33.2. The quantitative estimate of drug-likeness (QED) is 0.787. The van der Waals surface area contributed by atoms with E-state index in [4.69, 9.17) is 9.52 Å². The van der Waals surface area contributed by atoms with Gasteiger partial charge in [0.15, 0.2) is 0 Å². The Morgan fingerprint density at radius 3 is 2.90 bits per heavy atom. The lowest BCUT2D eigenvalue weighted by molar-refractivity contribution is 0.277. The van der Waals surface area contributed by atoms with E-state index in [1.807, 2.05) is 0 Å². The fourth-order valence-electron chi connectivity index (χ4n) is 1.92. The molecule has 0 saturated heterocycles. The highest BCUT2D eigenvalue weighted by Gasteiger charge is 2.25. The summed E-state index contributed by atoms with van der Waals surface area (Å²) in [6.07, 6.45) is 4.86. The molecule has 0 aliphatic carbocycles. The van der Waals surface area contributed by atoms with Gasteiger partial charge in [-0.2, -0.15) is 9.40 Å². The van der Waals surface area contributed by atoms with Crippen LogP contribution in [0.15, 0.2) is 40.1 Å². The molecule has 0 bridgehead atoms. The van der Waals surface area contributed by atoms with Crippen molar-refractivity contribution in [3.05, 3.63) is 36.5 Å². The number of hydrogen-bond acceptors (Lipinski definition) is 5. The van der Waals surface area contributed by atoms with Crippen LogP contribution < -0.4 is 0 Å². The van der Waals surface area contributed by atoms with Crippen molar-refractivity contribution >= 4 is 10.0 Å². The van der Waals surface area contributed by atoms with Crippen molar-refractivity contribution < 1.29 is 17.9 Å². The summed E-state index contributed by atoms with van der Waals surface area (Å²) >= 11 is 0. The summed E-state index contributed by atoms with van der Waals surface area (Å²) in [5.41, 5.74) is 0. The highest BCUT2D eigenvalue weighted by atomic mass is 32.2. The lowest BCUT2D eigenvalue weighted by Gasteiger charge is -2.18. The van der Waals surface area contributed by atoms with Crippen LogP contribution in [0.4, 0.5) is 0 Å². The molecule has 1 N–H and O–H groups in total. The van der Waals surface area contributed by atoms with Gasteiger partial charge in [-0.3, -0.25) is 4.68 Å². The number of rotatable bonds is 8. The molecule has 116 valence electrons. The average molecular weight is 313 g/mol. The van der Waals surface area contributed by atoms with E-state index in [0.29, 0.717) is 25.3 Å². The molecule has 0 aromatic carbocycles. The van der Waals surface area contributed by atoms with Gasteiger partial charge in [-0.05, 0) is 18.6 Å². The monoisotopic (exact) mass is 313 g/mol. The minimum atomic E-state index is -3.60. The van der Waals surface area contributed by atoms with Gasteiger partial charge in [0.1, 0.15) is 10.7 Å². The molecule has 0 aliphatic rings. The summed E-state index contributed by atoms with van der Waals surface area (Å²) in [5, 5.41) is 12.8. The topological polar surface area (TPSA) is 88.6 Å². The fourth-order valence-corrected chi connectivity index (χ4v) is 3.30. The van der Waals surface area contributed by atoms with Gasteiger partial charge in [-0.1, -0.05) is 6.92 Å². The summed E-state index contributed by atoms with van der Waals surface area (Å²) in [7, 11) is -3.60. The van der Waals surface area contributed by atoms with Gasteiger partial charge in [-0.15, -0.1) is 0 Å². The van der Waals surface area contributed by atoms with Crippen molar-refractivity contribution in [2.24, 2.45) is 0 Å². The molecule has 2 aromatic heterocycles. The molecule has 0 fully saturated rings. The van der Waals surface area contributed by atoms with E-state index in [1.165, 1.54) is 27.6 Å². The van der Waals surface area contributed by atoms with E-state index < -0.39 is 10.0 Å². The number of aryl methyl sites for hydroxylation is 1. The molecule has 0 unspecified atom stereocenters. The van der Waals surface area contributed by atoms with Crippen LogP contribution in [0.1, 0.15) is 19.1 Å². The molecule has 2 aromatic rings. The van der Waals surface area contributed by atoms with Crippen molar-refractivity contribution in [2.45, 2.75) is 31.3 Å². The number of hydrogen-bond donors (Lipinski definition) is 1. The zero-order valence-corrected chi connectivity index (χ0v) is 12.7. The van der Waals surface area contributed by atoms with E-state index in [2.05, 4.69) is 5.10 Å². The van der Waals surface area contributed by atoms with Crippen LogP contribution in [0.5, 0.6) is 0 Å². The van der Waals surface area contributed by atoms with E-state index >= 15 is 0 Å². The number of aromatic nitrogens is 2. The molecule has 0 atom stereocenters. The van der Waals surface area contributed by atoms with Crippen LogP contribution in [0.2, 0.25) is 0 Å². The smallest absolute Gasteiger partial charge is 0.246 e. The van der Waals surface area contributed by atoms with Crippen LogP contribution in [-0.2, 0) is 23.1 Å². The maximum absolute atomic E-state index is 12.6. The van der Waals surface area contributed by atoms with E-state index in [9.17, 15) is 8.42 Å². The first kappa shape index (κ1) is 15.7. The molecular formula is C13H19N3O4S. The van der Waals surface area contributed by atoms with Gasteiger partial charge < -0.3 is 9.52 Å². The second-order valence-corrected chi connectivity index (χ2v) is 6.46. The predicted molar refractivity (Wildman–Crippen MR) is 75.9 cm³/mol.